The van der Waals surface area contributed by atoms with Crippen molar-refractivity contribution in [2.45, 2.75) is 25.1 Å². The van der Waals surface area contributed by atoms with E-state index in [-0.39, 0.29) is 12.1 Å². The van der Waals surface area contributed by atoms with Crippen molar-refractivity contribution in [3.05, 3.63) is 24.3 Å². The summed E-state index contributed by atoms with van der Waals surface area (Å²) in [5.41, 5.74) is 0.802. The Hall–Kier alpha value is -1.92. The van der Waals surface area contributed by atoms with E-state index in [9.17, 15) is 23.1 Å². The molecule has 7 heteroatoms. The topological polar surface area (TPSA) is 52.6 Å². The van der Waals surface area contributed by atoms with Gasteiger partial charge in [-0.1, -0.05) is 12.1 Å². The highest BCUT2D eigenvalue weighted by molar-refractivity contribution is 5.92. The van der Waals surface area contributed by atoms with Gasteiger partial charge in [0.05, 0.1) is 23.8 Å². The second kappa shape index (κ2) is 4.99. The molecule has 19 heavy (non-hydrogen) atoms. The minimum Gasteiger partial charge on any atom is -0.465 e. The number of carbonyl (C=O) groups is 1. The van der Waals surface area contributed by atoms with Gasteiger partial charge in [-0.05, 0) is 18.6 Å². The van der Waals surface area contributed by atoms with Gasteiger partial charge in [0, 0.05) is 6.54 Å². The summed E-state index contributed by atoms with van der Waals surface area (Å²) in [4.78, 5) is 12.1. The Kier molecular flexibility index (Phi) is 3.55. The van der Waals surface area contributed by atoms with Crippen molar-refractivity contribution in [1.82, 2.24) is 0 Å². The van der Waals surface area contributed by atoms with Crippen LogP contribution in [-0.2, 0) is 0 Å². The fourth-order valence-electron chi connectivity index (χ4n) is 2.25. The smallest absolute Gasteiger partial charge is 0.412 e. The van der Waals surface area contributed by atoms with Crippen LogP contribution in [0.15, 0.2) is 24.3 Å². The van der Waals surface area contributed by atoms with Crippen molar-refractivity contribution in [1.29, 1.82) is 0 Å². The summed E-state index contributed by atoms with van der Waals surface area (Å²) in [6, 6.07) is 5.36. The number of hydrogen-bond donors (Lipinski definition) is 2. The van der Waals surface area contributed by atoms with Gasteiger partial charge in [0.1, 0.15) is 0 Å². The molecule has 1 aliphatic rings. The lowest BCUT2D eigenvalue weighted by Crippen LogP contribution is -2.42. The van der Waals surface area contributed by atoms with Crippen molar-refractivity contribution in [2.24, 2.45) is 0 Å². The van der Waals surface area contributed by atoms with Crippen LogP contribution in [0, 0.1) is 0 Å². The predicted octanol–water partition coefficient (Wildman–Crippen LogP) is 3.31. The summed E-state index contributed by atoms with van der Waals surface area (Å²) in [5.74, 6) is 0. The van der Waals surface area contributed by atoms with Gasteiger partial charge in [-0.2, -0.15) is 13.2 Å². The maximum atomic E-state index is 12.5. The van der Waals surface area contributed by atoms with Crippen molar-refractivity contribution in [3.63, 3.8) is 0 Å². The van der Waals surface area contributed by atoms with E-state index in [4.69, 9.17) is 0 Å². The number of carboxylic acid groups (broad SMARTS) is 1. The van der Waals surface area contributed by atoms with E-state index in [0.717, 1.165) is 4.90 Å². The van der Waals surface area contributed by atoms with Crippen molar-refractivity contribution in [2.75, 3.05) is 16.8 Å². The van der Waals surface area contributed by atoms with Gasteiger partial charge in [-0.3, -0.25) is 4.90 Å². The van der Waals surface area contributed by atoms with Crippen LogP contribution < -0.4 is 10.2 Å². The molecule has 0 saturated carbocycles. The number of fused-ring (bicyclic) bond motifs is 1. The first-order chi connectivity index (χ1) is 8.88. The maximum absolute atomic E-state index is 12.5. The highest BCUT2D eigenvalue weighted by atomic mass is 19.4. The van der Waals surface area contributed by atoms with Crippen LogP contribution in [0.3, 0.4) is 0 Å². The van der Waals surface area contributed by atoms with Crippen LogP contribution in [0.5, 0.6) is 0 Å². The Labute approximate surface area is 107 Å². The van der Waals surface area contributed by atoms with Crippen LogP contribution >= 0.6 is 0 Å². The van der Waals surface area contributed by atoms with Crippen LogP contribution in [0.4, 0.5) is 29.3 Å². The highest BCUT2D eigenvalue weighted by Gasteiger charge is 2.38. The molecule has 2 rings (SSSR count). The molecule has 1 heterocycles. The summed E-state index contributed by atoms with van der Waals surface area (Å²) in [7, 11) is 0. The summed E-state index contributed by atoms with van der Waals surface area (Å²) in [6.45, 7) is 0.307. The molecule has 0 fully saturated rings. The molecule has 1 amide bonds. The van der Waals surface area contributed by atoms with E-state index >= 15 is 0 Å². The number of para-hydroxylation sites is 2. The summed E-state index contributed by atoms with van der Waals surface area (Å²) in [5, 5.41) is 12.2. The molecule has 1 aromatic rings. The van der Waals surface area contributed by atoms with Crippen LogP contribution in [0.1, 0.15) is 12.8 Å². The Balaban J connectivity index is 2.38. The molecule has 0 bridgehead atoms. The molecule has 1 atom stereocenters. The Morgan fingerprint density at radius 3 is 2.74 bits per heavy atom. The van der Waals surface area contributed by atoms with E-state index in [1.807, 2.05) is 0 Å². The highest BCUT2D eigenvalue weighted by Crippen LogP contribution is 2.35. The number of anilines is 2. The Morgan fingerprint density at radius 2 is 2.11 bits per heavy atom. The molecule has 1 unspecified atom stereocenters. The number of nitrogens with one attached hydrogen (secondary N) is 1. The van der Waals surface area contributed by atoms with E-state index < -0.39 is 24.7 Å². The molecule has 104 valence electrons. The van der Waals surface area contributed by atoms with Gasteiger partial charge in [-0.15, -0.1) is 0 Å². The van der Waals surface area contributed by atoms with Gasteiger partial charge in [-0.25, -0.2) is 4.79 Å². The largest absolute Gasteiger partial charge is 0.465 e. The number of benzene rings is 1. The maximum Gasteiger partial charge on any atom is 0.412 e. The molecule has 0 aromatic heterocycles. The van der Waals surface area contributed by atoms with Crippen LogP contribution in [0.25, 0.3) is 0 Å². The molecular weight excluding hydrogens is 261 g/mol. The second-order valence-electron chi connectivity index (χ2n) is 4.36. The first kappa shape index (κ1) is 13.5. The van der Waals surface area contributed by atoms with Crippen LogP contribution in [0.2, 0.25) is 0 Å². The summed E-state index contributed by atoms with van der Waals surface area (Å²) in [6.07, 6.45) is -6.79. The minimum atomic E-state index is -4.39. The number of nitrogens with zero attached hydrogens (tertiary/aromatic N) is 1. The van der Waals surface area contributed by atoms with Crippen molar-refractivity contribution >= 4 is 17.5 Å². The third kappa shape index (κ3) is 3.10. The molecular formula is C12H13F3N2O2. The van der Waals surface area contributed by atoms with E-state index in [0.29, 0.717) is 12.2 Å². The van der Waals surface area contributed by atoms with Gasteiger partial charge < -0.3 is 10.4 Å². The quantitative estimate of drug-likeness (QED) is 0.826. The first-order valence-electron chi connectivity index (χ1n) is 5.80. The average Bonchev–Trinajstić information content (AvgIpc) is 2.45. The molecule has 2 N–H and O–H groups in total. The molecule has 1 aromatic carbocycles. The zero-order valence-corrected chi connectivity index (χ0v) is 9.94. The zero-order valence-electron chi connectivity index (χ0n) is 9.94. The predicted molar refractivity (Wildman–Crippen MR) is 64.5 cm³/mol. The van der Waals surface area contributed by atoms with E-state index in [1.54, 1.807) is 18.2 Å². The number of halogens is 3. The standard InChI is InChI=1S/C12H13F3N2O2/c13-12(14,15)7-8-5-6-16-9-3-1-2-4-10(9)17(8)11(18)19/h1-4,8,16H,5-7H2,(H,18,19). The number of rotatable bonds is 1. The third-order valence-corrected chi connectivity index (χ3v) is 2.99. The minimum absolute atomic E-state index is 0.112. The Morgan fingerprint density at radius 1 is 1.42 bits per heavy atom. The second-order valence-corrected chi connectivity index (χ2v) is 4.36. The first-order valence-corrected chi connectivity index (χ1v) is 5.80. The zero-order chi connectivity index (χ0) is 14.0. The van der Waals surface area contributed by atoms with Gasteiger partial charge in [0.2, 0.25) is 0 Å². The average molecular weight is 274 g/mol. The van der Waals surface area contributed by atoms with Crippen LogP contribution in [-0.4, -0.2) is 30.0 Å². The molecule has 0 spiro atoms. The normalized spacial score (nSPS) is 19.3. The fourth-order valence-corrected chi connectivity index (χ4v) is 2.25. The number of alkyl halides is 3. The lowest BCUT2D eigenvalue weighted by molar-refractivity contribution is -0.138. The number of hydrogen-bond acceptors (Lipinski definition) is 2. The molecule has 4 nitrogen and oxygen atoms in total. The van der Waals surface area contributed by atoms with E-state index in [2.05, 4.69) is 5.32 Å². The molecule has 1 aliphatic heterocycles. The van der Waals surface area contributed by atoms with Crippen molar-refractivity contribution < 1.29 is 23.1 Å². The van der Waals surface area contributed by atoms with Crippen molar-refractivity contribution in [3.8, 4) is 0 Å². The number of amides is 1. The van der Waals surface area contributed by atoms with Gasteiger partial charge >= 0.3 is 12.3 Å². The summed E-state index contributed by atoms with van der Waals surface area (Å²) >= 11 is 0. The lowest BCUT2D eigenvalue weighted by atomic mass is 10.1. The lowest BCUT2D eigenvalue weighted by Gasteiger charge is -2.28. The molecule has 0 saturated heterocycles. The van der Waals surface area contributed by atoms with E-state index in [1.165, 1.54) is 6.07 Å². The SMILES string of the molecule is O=C(O)N1c2ccccc2NCCC1CC(F)(F)F. The monoisotopic (exact) mass is 274 g/mol. The third-order valence-electron chi connectivity index (χ3n) is 2.99. The summed E-state index contributed by atoms with van der Waals surface area (Å²) < 4.78 is 37.6. The molecule has 0 radical (unpaired) electrons. The van der Waals surface area contributed by atoms with Gasteiger partial charge in [0.25, 0.3) is 0 Å². The molecule has 0 aliphatic carbocycles. The van der Waals surface area contributed by atoms with Gasteiger partial charge in [0.15, 0.2) is 0 Å². The fraction of sp³-hybridized carbons (Fsp3) is 0.417. The Bertz CT molecular complexity index is 476.